The van der Waals surface area contributed by atoms with Crippen LogP contribution in [0.25, 0.3) is 0 Å². The van der Waals surface area contributed by atoms with E-state index in [1.54, 1.807) is 0 Å². The molecule has 2 saturated heterocycles. The summed E-state index contributed by atoms with van der Waals surface area (Å²) in [4.78, 5) is 9.92. The van der Waals surface area contributed by atoms with Gasteiger partial charge in [0.2, 0.25) is 0 Å². The third kappa shape index (κ3) is 4.35. The maximum Gasteiger partial charge on any atom is 0.0671 e. The number of rotatable bonds is 5. The SMILES string of the molecule is CC1(c2ccccc2)C=Nc2ccccc2C1(c1ccc(N2CCOCC2)cc1)c1ccc(N2CCOCC2)cc1. The first kappa shape index (κ1) is 26.0. The Labute approximate surface area is 243 Å². The molecule has 5 heteroatoms. The molecule has 0 N–H and O–H groups in total. The summed E-state index contributed by atoms with van der Waals surface area (Å²) in [6.45, 7) is 9.14. The molecule has 208 valence electrons. The van der Waals surface area contributed by atoms with Crippen LogP contribution in [0.3, 0.4) is 0 Å². The van der Waals surface area contributed by atoms with E-state index in [2.05, 4.69) is 126 Å². The molecule has 7 rings (SSSR count). The number of hydrogen-bond acceptors (Lipinski definition) is 5. The Bertz CT molecular complexity index is 1440. The molecule has 0 saturated carbocycles. The Morgan fingerprint density at radius 3 is 1.59 bits per heavy atom. The van der Waals surface area contributed by atoms with Crippen LogP contribution in [-0.4, -0.2) is 58.8 Å². The van der Waals surface area contributed by atoms with E-state index in [1.807, 2.05) is 0 Å². The highest BCUT2D eigenvalue weighted by atomic mass is 16.5. The van der Waals surface area contributed by atoms with Crippen molar-refractivity contribution in [1.29, 1.82) is 0 Å². The van der Waals surface area contributed by atoms with Gasteiger partial charge in [-0.3, -0.25) is 4.99 Å². The first-order valence-electron chi connectivity index (χ1n) is 14.8. The summed E-state index contributed by atoms with van der Waals surface area (Å²) >= 11 is 0. The molecular weight excluding hydrogens is 506 g/mol. The lowest BCUT2D eigenvalue weighted by Crippen LogP contribution is -2.51. The minimum Gasteiger partial charge on any atom is -0.378 e. The van der Waals surface area contributed by atoms with Crippen molar-refractivity contribution in [2.45, 2.75) is 17.8 Å². The van der Waals surface area contributed by atoms with E-state index in [0.29, 0.717) is 0 Å². The maximum atomic E-state index is 5.62. The number of anilines is 2. The van der Waals surface area contributed by atoms with Gasteiger partial charge in [-0.05, 0) is 59.5 Å². The minimum atomic E-state index is -0.500. The van der Waals surface area contributed by atoms with Gasteiger partial charge in [-0.2, -0.15) is 0 Å². The van der Waals surface area contributed by atoms with Crippen molar-refractivity contribution in [2.75, 3.05) is 62.4 Å². The van der Waals surface area contributed by atoms with E-state index in [-0.39, 0.29) is 0 Å². The van der Waals surface area contributed by atoms with Crippen molar-refractivity contribution in [3.8, 4) is 0 Å². The van der Waals surface area contributed by atoms with Gasteiger partial charge in [-0.1, -0.05) is 72.8 Å². The van der Waals surface area contributed by atoms with E-state index >= 15 is 0 Å². The quantitative estimate of drug-likeness (QED) is 0.293. The first-order valence-corrected chi connectivity index (χ1v) is 14.8. The van der Waals surface area contributed by atoms with Crippen LogP contribution in [-0.2, 0) is 20.3 Å². The summed E-state index contributed by atoms with van der Waals surface area (Å²) in [5.41, 5.74) is 7.57. The van der Waals surface area contributed by atoms with Crippen molar-refractivity contribution in [3.05, 3.63) is 125 Å². The molecule has 2 fully saturated rings. The van der Waals surface area contributed by atoms with Gasteiger partial charge in [0.25, 0.3) is 0 Å². The van der Waals surface area contributed by atoms with Crippen molar-refractivity contribution < 1.29 is 9.47 Å². The topological polar surface area (TPSA) is 37.3 Å². The largest absolute Gasteiger partial charge is 0.378 e. The molecule has 4 aromatic carbocycles. The number of benzene rings is 4. The van der Waals surface area contributed by atoms with E-state index in [9.17, 15) is 0 Å². The van der Waals surface area contributed by atoms with Gasteiger partial charge in [0.1, 0.15) is 0 Å². The van der Waals surface area contributed by atoms with Crippen LogP contribution in [0.4, 0.5) is 17.1 Å². The summed E-state index contributed by atoms with van der Waals surface area (Å²) in [5, 5.41) is 0. The van der Waals surface area contributed by atoms with Crippen LogP contribution < -0.4 is 9.80 Å². The number of morpholine rings is 2. The molecule has 1 unspecified atom stereocenters. The van der Waals surface area contributed by atoms with Gasteiger partial charge in [0.05, 0.1) is 37.5 Å². The van der Waals surface area contributed by atoms with Crippen LogP contribution in [0.5, 0.6) is 0 Å². The van der Waals surface area contributed by atoms with Crippen molar-refractivity contribution in [2.24, 2.45) is 4.99 Å². The molecule has 0 radical (unpaired) electrons. The smallest absolute Gasteiger partial charge is 0.0671 e. The summed E-state index contributed by atoms with van der Waals surface area (Å²) in [6, 6.07) is 38.1. The first-order chi connectivity index (χ1) is 20.2. The maximum absolute atomic E-state index is 5.62. The molecule has 3 aliphatic rings. The summed E-state index contributed by atoms with van der Waals surface area (Å²) in [6.07, 6.45) is 2.19. The second-order valence-electron chi connectivity index (χ2n) is 11.4. The van der Waals surface area contributed by atoms with Gasteiger partial charge in [-0.15, -0.1) is 0 Å². The molecule has 0 amide bonds. The van der Waals surface area contributed by atoms with Gasteiger partial charge in [0.15, 0.2) is 0 Å². The zero-order valence-corrected chi connectivity index (χ0v) is 23.7. The molecule has 3 aliphatic heterocycles. The minimum absolute atomic E-state index is 0.441. The summed E-state index contributed by atoms with van der Waals surface area (Å²) < 4.78 is 11.2. The molecule has 1 atom stereocenters. The van der Waals surface area contributed by atoms with E-state index < -0.39 is 10.8 Å². The van der Waals surface area contributed by atoms with Crippen molar-refractivity contribution in [1.82, 2.24) is 0 Å². The van der Waals surface area contributed by atoms with E-state index in [4.69, 9.17) is 14.5 Å². The third-order valence-electron chi connectivity index (χ3n) is 9.28. The van der Waals surface area contributed by atoms with Gasteiger partial charge in [-0.25, -0.2) is 0 Å². The lowest BCUT2D eigenvalue weighted by Gasteiger charge is -2.51. The number of fused-ring (bicyclic) bond motifs is 1. The third-order valence-corrected chi connectivity index (χ3v) is 9.28. The number of ether oxygens (including phenoxy) is 2. The second kappa shape index (κ2) is 10.8. The lowest BCUT2D eigenvalue weighted by atomic mass is 9.51. The monoisotopic (exact) mass is 543 g/mol. The Morgan fingerprint density at radius 2 is 1.05 bits per heavy atom. The predicted molar refractivity (Wildman–Crippen MR) is 167 cm³/mol. The number of nitrogens with zero attached hydrogens (tertiary/aromatic N) is 3. The molecule has 4 aromatic rings. The van der Waals surface area contributed by atoms with Crippen molar-refractivity contribution >= 4 is 23.3 Å². The van der Waals surface area contributed by atoms with E-state index in [0.717, 1.165) is 58.3 Å². The number of hydrogen-bond donors (Lipinski definition) is 0. The Hall–Kier alpha value is -3.93. The summed E-state index contributed by atoms with van der Waals surface area (Å²) in [5.74, 6) is 0. The molecule has 0 aromatic heterocycles. The second-order valence-corrected chi connectivity index (χ2v) is 11.4. The molecule has 0 bridgehead atoms. The zero-order chi connectivity index (χ0) is 27.7. The van der Waals surface area contributed by atoms with Gasteiger partial charge in [0, 0.05) is 49.2 Å². The fourth-order valence-electron chi connectivity index (χ4n) is 7.12. The van der Waals surface area contributed by atoms with Gasteiger partial charge < -0.3 is 19.3 Å². The standard InChI is InChI=1S/C36H37N3O2/c1-35(28-7-3-2-4-8-28)27-37-34-10-6-5-9-33(34)36(35,29-11-15-31(16-12-29)38-19-23-40-24-20-38)30-13-17-32(18-14-30)39-21-25-41-26-22-39/h2-18,27H,19-26H2,1H3. The lowest BCUT2D eigenvalue weighted by molar-refractivity contribution is 0.122. The van der Waals surface area contributed by atoms with Gasteiger partial charge >= 0.3 is 0 Å². The van der Waals surface area contributed by atoms with Crippen LogP contribution in [0.1, 0.15) is 29.2 Å². The average Bonchev–Trinajstić information content (AvgIpc) is 3.06. The van der Waals surface area contributed by atoms with Crippen LogP contribution in [0.2, 0.25) is 0 Å². The molecular formula is C36H37N3O2. The fourth-order valence-corrected chi connectivity index (χ4v) is 7.12. The molecule has 0 spiro atoms. The van der Waals surface area contributed by atoms with E-state index in [1.165, 1.54) is 33.6 Å². The zero-order valence-electron chi connectivity index (χ0n) is 23.7. The van der Waals surface area contributed by atoms with Crippen molar-refractivity contribution in [3.63, 3.8) is 0 Å². The average molecular weight is 544 g/mol. The van der Waals surface area contributed by atoms with Crippen LogP contribution >= 0.6 is 0 Å². The Morgan fingerprint density at radius 1 is 0.561 bits per heavy atom. The predicted octanol–water partition coefficient (Wildman–Crippen LogP) is 6.37. The molecule has 3 heterocycles. The molecule has 41 heavy (non-hydrogen) atoms. The molecule has 0 aliphatic carbocycles. The fraction of sp³-hybridized carbons (Fsp3) is 0.306. The summed E-state index contributed by atoms with van der Waals surface area (Å²) in [7, 11) is 0. The van der Waals surface area contributed by atoms with Crippen LogP contribution in [0.15, 0.2) is 108 Å². The highest BCUT2D eigenvalue weighted by molar-refractivity contribution is 5.88. The normalized spacial score (nSPS) is 21.9. The highest BCUT2D eigenvalue weighted by Gasteiger charge is 2.54. The molecule has 5 nitrogen and oxygen atoms in total. The number of aliphatic imine (C=N–C) groups is 1. The highest BCUT2D eigenvalue weighted by Crippen LogP contribution is 2.57. The van der Waals surface area contributed by atoms with Crippen LogP contribution in [0, 0.1) is 0 Å². The Balaban J connectivity index is 1.45. The Kier molecular flexibility index (Phi) is 6.85. The number of para-hydroxylation sites is 1.